The highest BCUT2D eigenvalue weighted by molar-refractivity contribution is 5.18. The summed E-state index contributed by atoms with van der Waals surface area (Å²) in [7, 11) is 0. The summed E-state index contributed by atoms with van der Waals surface area (Å²) in [6, 6.07) is 0.552. The number of hydrogen-bond donors (Lipinski definition) is 1. The van der Waals surface area contributed by atoms with Crippen LogP contribution < -0.4 is 5.32 Å². The third-order valence-corrected chi connectivity index (χ3v) is 4.33. The lowest BCUT2D eigenvalue weighted by molar-refractivity contribution is 0.0768. The van der Waals surface area contributed by atoms with Gasteiger partial charge in [-0.3, -0.25) is 0 Å². The molecule has 17 heavy (non-hydrogen) atoms. The summed E-state index contributed by atoms with van der Waals surface area (Å²) in [6.07, 6.45) is 8.10. The smallest absolute Gasteiger partial charge is 0.0623 e. The van der Waals surface area contributed by atoms with Gasteiger partial charge in [-0.25, -0.2) is 0 Å². The third-order valence-electron chi connectivity index (χ3n) is 4.33. The number of nitrogens with one attached hydrogen (secondary N) is 1. The lowest BCUT2D eigenvalue weighted by Crippen LogP contribution is -2.41. The van der Waals surface area contributed by atoms with Gasteiger partial charge in [0, 0.05) is 12.6 Å². The zero-order chi connectivity index (χ0) is 12.1. The molecule has 2 fully saturated rings. The molecule has 0 radical (unpaired) electrons. The van der Waals surface area contributed by atoms with Crippen molar-refractivity contribution in [2.24, 2.45) is 5.92 Å². The van der Waals surface area contributed by atoms with E-state index in [1.807, 2.05) is 0 Å². The second-order valence-electron chi connectivity index (χ2n) is 5.59. The van der Waals surface area contributed by atoms with Crippen molar-refractivity contribution in [1.29, 1.82) is 0 Å². The molecule has 2 rings (SSSR count). The van der Waals surface area contributed by atoms with Gasteiger partial charge < -0.3 is 10.1 Å². The molecule has 1 N–H and O–H groups in total. The maximum atomic E-state index is 5.54. The Bertz CT molecular complexity index is 266. The summed E-state index contributed by atoms with van der Waals surface area (Å²) < 4.78 is 5.54. The van der Waals surface area contributed by atoms with Gasteiger partial charge in [0.05, 0.1) is 13.2 Å². The third kappa shape index (κ3) is 3.56. The fourth-order valence-electron chi connectivity index (χ4n) is 3.35. The van der Waals surface area contributed by atoms with Gasteiger partial charge in [0.15, 0.2) is 0 Å². The van der Waals surface area contributed by atoms with Gasteiger partial charge in [0.1, 0.15) is 0 Å². The Balaban J connectivity index is 1.96. The maximum Gasteiger partial charge on any atom is 0.0623 e. The van der Waals surface area contributed by atoms with E-state index >= 15 is 0 Å². The highest BCUT2D eigenvalue weighted by atomic mass is 16.5. The van der Waals surface area contributed by atoms with Gasteiger partial charge in [-0.15, -0.1) is 0 Å². The minimum absolute atomic E-state index is 0.552. The fraction of sp³-hybridized carbons (Fsp3) is 0.867. The molecule has 0 aromatic rings. The van der Waals surface area contributed by atoms with E-state index < -0.39 is 0 Å². The van der Waals surface area contributed by atoms with Crippen LogP contribution in [0.5, 0.6) is 0 Å². The van der Waals surface area contributed by atoms with E-state index in [0.29, 0.717) is 6.04 Å². The Labute approximate surface area is 106 Å². The first-order valence-electron chi connectivity index (χ1n) is 7.31. The van der Waals surface area contributed by atoms with Gasteiger partial charge in [-0.05, 0) is 44.9 Å². The summed E-state index contributed by atoms with van der Waals surface area (Å²) in [5, 5.41) is 3.56. The quantitative estimate of drug-likeness (QED) is 0.761. The Kier molecular flexibility index (Phi) is 5.05. The average molecular weight is 237 g/mol. The van der Waals surface area contributed by atoms with Gasteiger partial charge in [-0.1, -0.05) is 24.5 Å². The summed E-state index contributed by atoms with van der Waals surface area (Å²) in [4.78, 5) is 0. The Morgan fingerprint density at radius 2 is 2.29 bits per heavy atom. The second kappa shape index (κ2) is 6.55. The van der Waals surface area contributed by atoms with Crippen LogP contribution in [0.15, 0.2) is 11.1 Å². The van der Waals surface area contributed by atoms with Gasteiger partial charge in [0.2, 0.25) is 0 Å². The Hall–Kier alpha value is -0.340. The van der Waals surface area contributed by atoms with Crippen LogP contribution in [0.1, 0.15) is 52.4 Å². The van der Waals surface area contributed by atoms with E-state index in [-0.39, 0.29) is 0 Å². The number of hydrogen-bond acceptors (Lipinski definition) is 2. The molecule has 0 aromatic heterocycles. The van der Waals surface area contributed by atoms with Crippen LogP contribution in [0.2, 0.25) is 0 Å². The molecule has 1 heterocycles. The molecule has 2 heteroatoms. The number of rotatable bonds is 3. The van der Waals surface area contributed by atoms with E-state index in [0.717, 1.165) is 25.7 Å². The van der Waals surface area contributed by atoms with Crippen LogP contribution in [-0.2, 0) is 4.74 Å². The SMILES string of the molecule is CCC1CCCCC1=C(C)CC1COCCN1. The first kappa shape index (κ1) is 13.1. The van der Waals surface area contributed by atoms with E-state index in [1.165, 1.54) is 38.5 Å². The first-order chi connectivity index (χ1) is 8.31. The van der Waals surface area contributed by atoms with Crippen molar-refractivity contribution in [3.63, 3.8) is 0 Å². The van der Waals surface area contributed by atoms with E-state index in [4.69, 9.17) is 4.74 Å². The molecule has 1 aliphatic heterocycles. The van der Waals surface area contributed by atoms with Crippen molar-refractivity contribution in [2.45, 2.75) is 58.4 Å². The molecule has 2 atom stereocenters. The predicted molar refractivity (Wildman–Crippen MR) is 72.2 cm³/mol. The monoisotopic (exact) mass is 237 g/mol. The van der Waals surface area contributed by atoms with Crippen LogP contribution in [0.25, 0.3) is 0 Å². The molecule has 2 aliphatic rings. The Morgan fingerprint density at radius 1 is 1.41 bits per heavy atom. The molecular weight excluding hydrogens is 210 g/mol. The first-order valence-corrected chi connectivity index (χ1v) is 7.31. The molecule has 1 aliphatic carbocycles. The van der Waals surface area contributed by atoms with Crippen molar-refractivity contribution in [3.05, 3.63) is 11.1 Å². The van der Waals surface area contributed by atoms with E-state index in [2.05, 4.69) is 19.2 Å². The molecule has 0 aromatic carbocycles. The molecule has 2 unspecified atom stereocenters. The standard InChI is InChI=1S/C15H27NO/c1-3-13-6-4-5-7-15(13)12(2)10-14-11-17-9-8-16-14/h13-14,16H,3-11H2,1-2H3. The van der Waals surface area contributed by atoms with Crippen LogP contribution in [0.4, 0.5) is 0 Å². The minimum atomic E-state index is 0.552. The number of morpholine rings is 1. The van der Waals surface area contributed by atoms with Crippen LogP contribution in [0.3, 0.4) is 0 Å². The largest absolute Gasteiger partial charge is 0.379 e. The van der Waals surface area contributed by atoms with Crippen LogP contribution in [-0.4, -0.2) is 25.8 Å². The van der Waals surface area contributed by atoms with Crippen molar-refractivity contribution >= 4 is 0 Å². The van der Waals surface area contributed by atoms with Crippen LogP contribution >= 0.6 is 0 Å². The summed E-state index contributed by atoms with van der Waals surface area (Å²) in [5.41, 5.74) is 3.41. The molecule has 0 bridgehead atoms. The summed E-state index contributed by atoms with van der Waals surface area (Å²) in [5.74, 6) is 0.869. The minimum Gasteiger partial charge on any atom is -0.379 e. The molecule has 0 spiro atoms. The highest BCUT2D eigenvalue weighted by Crippen LogP contribution is 2.34. The van der Waals surface area contributed by atoms with Gasteiger partial charge in [-0.2, -0.15) is 0 Å². The fourth-order valence-corrected chi connectivity index (χ4v) is 3.35. The summed E-state index contributed by atoms with van der Waals surface area (Å²) >= 11 is 0. The number of ether oxygens (including phenoxy) is 1. The average Bonchev–Trinajstić information content (AvgIpc) is 2.40. The second-order valence-corrected chi connectivity index (χ2v) is 5.59. The van der Waals surface area contributed by atoms with Crippen LogP contribution in [0, 0.1) is 5.92 Å². The Morgan fingerprint density at radius 3 is 3.00 bits per heavy atom. The highest BCUT2D eigenvalue weighted by Gasteiger charge is 2.21. The maximum absolute atomic E-state index is 5.54. The zero-order valence-corrected chi connectivity index (χ0v) is 11.4. The molecular formula is C15H27NO. The normalized spacial score (nSPS) is 33.5. The van der Waals surface area contributed by atoms with E-state index in [9.17, 15) is 0 Å². The predicted octanol–water partition coefficient (Wildman–Crippen LogP) is 3.28. The molecule has 2 nitrogen and oxygen atoms in total. The van der Waals surface area contributed by atoms with Crippen molar-refractivity contribution in [3.8, 4) is 0 Å². The van der Waals surface area contributed by atoms with Gasteiger partial charge >= 0.3 is 0 Å². The van der Waals surface area contributed by atoms with Crippen molar-refractivity contribution in [2.75, 3.05) is 19.8 Å². The van der Waals surface area contributed by atoms with E-state index in [1.54, 1.807) is 11.1 Å². The van der Waals surface area contributed by atoms with Gasteiger partial charge in [0.25, 0.3) is 0 Å². The lowest BCUT2D eigenvalue weighted by atomic mass is 9.79. The molecule has 0 amide bonds. The molecule has 1 saturated carbocycles. The number of allylic oxidation sites excluding steroid dienone is 1. The van der Waals surface area contributed by atoms with Crippen molar-refractivity contribution < 1.29 is 4.74 Å². The topological polar surface area (TPSA) is 21.3 Å². The lowest BCUT2D eigenvalue weighted by Gasteiger charge is -2.29. The molecule has 98 valence electrons. The zero-order valence-electron chi connectivity index (χ0n) is 11.4. The molecule has 1 saturated heterocycles. The summed E-state index contributed by atoms with van der Waals surface area (Å²) in [6.45, 7) is 7.47. The van der Waals surface area contributed by atoms with Crippen molar-refractivity contribution in [1.82, 2.24) is 5.32 Å².